The van der Waals surface area contributed by atoms with Crippen molar-refractivity contribution in [2.24, 2.45) is 17.3 Å². The van der Waals surface area contributed by atoms with E-state index < -0.39 is 11.0 Å². The SMILES string of the molecule is COCCNC(=O)COC(=O)C12C[C@@H]3C[C@H](CC(O)(C3)C1)C2. The van der Waals surface area contributed by atoms with Crippen LogP contribution in [-0.2, 0) is 19.1 Å². The summed E-state index contributed by atoms with van der Waals surface area (Å²) < 4.78 is 10.1. The predicted octanol–water partition coefficient (Wildman–Crippen LogP) is 0.623. The first-order valence-corrected chi connectivity index (χ1v) is 8.10. The van der Waals surface area contributed by atoms with Gasteiger partial charge in [0.25, 0.3) is 5.91 Å². The highest BCUT2D eigenvalue weighted by Crippen LogP contribution is 2.61. The first-order valence-electron chi connectivity index (χ1n) is 8.10. The smallest absolute Gasteiger partial charge is 0.312 e. The zero-order valence-corrected chi connectivity index (χ0v) is 13.1. The molecule has 2 N–H and O–H groups in total. The van der Waals surface area contributed by atoms with Crippen LogP contribution in [0.1, 0.15) is 38.5 Å². The van der Waals surface area contributed by atoms with Crippen molar-refractivity contribution in [2.75, 3.05) is 26.9 Å². The quantitative estimate of drug-likeness (QED) is 0.555. The summed E-state index contributed by atoms with van der Waals surface area (Å²) in [6.45, 7) is 0.583. The summed E-state index contributed by atoms with van der Waals surface area (Å²) in [5.74, 6) is 0.236. The molecule has 0 aliphatic heterocycles. The minimum absolute atomic E-state index is 0.252. The molecule has 4 saturated carbocycles. The molecule has 0 unspecified atom stereocenters. The van der Waals surface area contributed by atoms with E-state index in [0.717, 1.165) is 32.1 Å². The van der Waals surface area contributed by atoms with E-state index in [4.69, 9.17) is 9.47 Å². The molecule has 0 radical (unpaired) electrons. The van der Waals surface area contributed by atoms with E-state index in [1.165, 1.54) is 0 Å². The lowest BCUT2D eigenvalue weighted by atomic mass is 9.48. The number of nitrogens with one attached hydrogen (secondary N) is 1. The second-order valence-corrected chi connectivity index (χ2v) is 7.38. The average molecular weight is 311 g/mol. The van der Waals surface area contributed by atoms with Crippen LogP contribution in [0.4, 0.5) is 0 Å². The van der Waals surface area contributed by atoms with Crippen molar-refractivity contribution in [2.45, 2.75) is 44.1 Å². The number of rotatable bonds is 6. The molecule has 0 spiro atoms. The molecule has 6 nitrogen and oxygen atoms in total. The van der Waals surface area contributed by atoms with E-state index in [0.29, 0.717) is 31.4 Å². The third-order valence-corrected chi connectivity index (χ3v) is 5.43. The molecule has 2 atom stereocenters. The first kappa shape index (κ1) is 15.7. The number of carbonyl (C=O) groups excluding carboxylic acids is 2. The summed E-state index contributed by atoms with van der Waals surface area (Å²) in [5, 5.41) is 13.3. The van der Waals surface area contributed by atoms with Gasteiger partial charge in [-0.1, -0.05) is 0 Å². The number of methoxy groups -OCH3 is 1. The van der Waals surface area contributed by atoms with Crippen LogP contribution in [0.15, 0.2) is 0 Å². The summed E-state index contributed by atoms with van der Waals surface area (Å²) in [5.41, 5.74) is -1.25. The summed E-state index contributed by atoms with van der Waals surface area (Å²) in [6.07, 6.45) is 4.85. The number of hydrogen-bond donors (Lipinski definition) is 2. The number of amides is 1. The zero-order valence-electron chi connectivity index (χ0n) is 13.1. The zero-order chi connectivity index (χ0) is 15.8. The minimum atomic E-state index is -0.691. The maximum atomic E-state index is 12.5. The summed E-state index contributed by atoms with van der Waals surface area (Å²) in [7, 11) is 1.56. The third-order valence-electron chi connectivity index (χ3n) is 5.43. The molecule has 4 aliphatic carbocycles. The van der Waals surface area contributed by atoms with Crippen molar-refractivity contribution in [3.63, 3.8) is 0 Å². The Hall–Kier alpha value is -1.14. The molecule has 1 amide bonds. The van der Waals surface area contributed by atoms with Crippen molar-refractivity contribution in [1.29, 1.82) is 0 Å². The Morgan fingerprint density at radius 3 is 2.50 bits per heavy atom. The Kier molecular flexibility index (Phi) is 4.16. The molecule has 0 aromatic heterocycles. The lowest BCUT2D eigenvalue weighted by Crippen LogP contribution is -2.58. The Morgan fingerprint density at radius 2 is 1.91 bits per heavy atom. The summed E-state index contributed by atoms with van der Waals surface area (Å²) in [4.78, 5) is 24.2. The number of aliphatic hydroxyl groups is 1. The second kappa shape index (κ2) is 5.81. The third kappa shape index (κ3) is 2.99. The van der Waals surface area contributed by atoms with Gasteiger partial charge in [0.1, 0.15) is 0 Å². The van der Waals surface area contributed by atoms with E-state index >= 15 is 0 Å². The molecule has 6 heteroatoms. The van der Waals surface area contributed by atoms with Crippen LogP contribution in [0.25, 0.3) is 0 Å². The van der Waals surface area contributed by atoms with Gasteiger partial charge in [-0.2, -0.15) is 0 Å². The highest BCUT2D eigenvalue weighted by atomic mass is 16.5. The van der Waals surface area contributed by atoms with E-state index in [1.54, 1.807) is 7.11 Å². The molecule has 4 fully saturated rings. The van der Waals surface area contributed by atoms with Crippen LogP contribution < -0.4 is 5.32 Å². The van der Waals surface area contributed by atoms with Crippen molar-refractivity contribution >= 4 is 11.9 Å². The fraction of sp³-hybridized carbons (Fsp3) is 0.875. The van der Waals surface area contributed by atoms with Crippen LogP contribution in [0.3, 0.4) is 0 Å². The van der Waals surface area contributed by atoms with Crippen LogP contribution in [0.2, 0.25) is 0 Å². The van der Waals surface area contributed by atoms with E-state index in [2.05, 4.69) is 5.32 Å². The van der Waals surface area contributed by atoms with Crippen LogP contribution >= 0.6 is 0 Å². The molecule has 0 aromatic carbocycles. The Balaban J connectivity index is 1.55. The summed E-state index contributed by atoms with van der Waals surface area (Å²) >= 11 is 0. The predicted molar refractivity (Wildman–Crippen MR) is 77.9 cm³/mol. The summed E-state index contributed by atoms with van der Waals surface area (Å²) in [6, 6.07) is 0. The first-order chi connectivity index (χ1) is 10.4. The standard InChI is InChI=1S/C16H25NO5/c1-21-3-2-17-13(18)9-22-14(19)15-5-11-4-12(6-15)8-16(20,7-11)10-15/h11-12,20H,2-10H2,1H3,(H,17,18)/t11-,12-,15?,16?/m0/s1. The molecular weight excluding hydrogens is 286 g/mol. The minimum Gasteiger partial charge on any atom is -0.455 e. The van der Waals surface area contributed by atoms with Gasteiger partial charge in [-0.05, 0) is 50.4 Å². The van der Waals surface area contributed by atoms with Crippen molar-refractivity contribution in [3.8, 4) is 0 Å². The highest BCUT2D eigenvalue weighted by molar-refractivity contribution is 5.83. The number of hydrogen-bond acceptors (Lipinski definition) is 5. The lowest BCUT2D eigenvalue weighted by molar-refractivity contribution is -0.196. The molecular formula is C16H25NO5. The van der Waals surface area contributed by atoms with Crippen molar-refractivity contribution < 1.29 is 24.2 Å². The van der Waals surface area contributed by atoms with Crippen LogP contribution in [0, 0.1) is 17.3 Å². The van der Waals surface area contributed by atoms with Gasteiger partial charge in [-0.25, -0.2) is 0 Å². The Bertz CT molecular complexity index is 449. The van der Waals surface area contributed by atoms with E-state index in [9.17, 15) is 14.7 Å². The molecule has 4 aliphatic rings. The van der Waals surface area contributed by atoms with Crippen molar-refractivity contribution in [3.05, 3.63) is 0 Å². The lowest BCUT2D eigenvalue weighted by Gasteiger charge is -2.58. The van der Waals surface area contributed by atoms with Gasteiger partial charge in [-0.15, -0.1) is 0 Å². The normalized spacial score (nSPS) is 38.8. The van der Waals surface area contributed by atoms with Gasteiger partial charge >= 0.3 is 5.97 Å². The van der Waals surface area contributed by atoms with Gasteiger partial charge < -0.3 is 19.9 Å². The maximum absolute atomic E-state index is 12.5. The number of esters is 1. The monoisotopic (exact) mass is 311 g/mol. The highest BCUT2D eigenvalue weighted by Gasteiger charge is 2.60. The van der Waals surface area contributed by atoms with Crippen LogP contribution in [0.5, 0.6) is 0 Å². The largest absolute Gasteiger partial charge is 0.455 e. The Morgan fingerprint density at radius 1 is 1.23 bits per heavy atom. The van der Waals surface area contributed by atoms with Gasteiger partial charge in [-0.3, -0.25) is 9.59 Å². The molecule has 0 aromatic rings. The molecule has 4 bridgehead atoms. The van der Waals surface area contributed by atoms with Crippen molar-refractivity contribution in [1.82, 2.24) is 5.32 Å². The van der Waals surface area contributed by atoms with Gasteiger partial charge in [0.2, 0.25) is 0 Å². The fourth-order valence-corrected chi connectivity index (χ4v) is 5.08. The van der Waals surface area contributed by atoms with E-state index in [-0.39, 0.29) is 18.5 Å². The fourth-order valence-electron chi connectivity index (χ4n) is 5.08. The second-order valence-electron chi connectivity index (χ2n) is 7.38. The average Bonchev–Trinajstić information content (AvgIpc) is 2.42. The topological polar surface area (TPSA) is 84.9 Å². The van der Waals surface area contributed by atoms with Crippen LogP contribution in [-0.4, -0.2) is 49.5 Å². The van der Waals surface area contributed by atoms with E-state index in [1.807, 2.05) is 0 Å². The van der Waals surface area contributed by atoms with Gasteiger partial charge in [0.15, 0.2) is 6.61 Å². The number of carbonyl (C=O) groups is 2. The number of ether oxygens (including phenoxy) is 2. The van der Waals surface area contributed by atoms with Gasteiger partial charge in [0, 0.05) is 13.7 Å². The molecule has 4 rings (SSSR count). The van der Waals surface area contributed by atoms with Gasteiger partial charge in [0.05, 0.1) is 17.6 Å². The molecule has 0 saturated heterocycles. The molecule has 124 valence electrons. The molecule has 22 heavy (non-hydrogen) atoms. The Labute approximate surface area is 130 Å². The molecule has 0 heterocycles. The maximum Gasteiger partial charge on any atom is 0.312 e.